The van der Waals surface area contributed by atoms with E-state index in [0.717, 1.165) is 141 Å². The molecule has 0 amide bonds. The molecule has 5 aromatic heterocycles. The summed E-state index contributed by atoms with van der Waals surface area (Å²) in [6.07, 6.45) is 0. The van der Waals surface area contributed by atoms with Gasteiger partial charge >= 0.3 is 0 Å². The summed E-state index contributed by atoms with van der Waals surface area (Å²) in [5.74, 6) is 0. The van der Waals surface area contributed by atoms with E-state index in [4.69, 9.17) is 19.9 Å². The summed E-state index contributed by atoms with van der Waals surface area (Å²) in [5, 5.41) is 2.37. The van der Waals surface area contributed by atoms with Gasteiger partial charge in [0.25, 0.3) is 6.71 Å². The number of benzene rings is 9. The predicted molar refractivity (Wildman–Crippen MR) is 526 cm³/mol. The summed E-state index contributed by atoms with van der Waals surface area (Å²) in [5.41, 5.74) is 35.0. The standard InChI is InChI=1S/C114H128BN7/c1-105(2,3)75-55-71(56-76(65-75)106(4,5)6)69-52-54-92-87(59-69)115-86-53-51-70(72-57-77(107(7,8)9)66-78(58-72)108(10,11)12)60-93(86)122(104-84(88-45-37-49-96(116-88)109(13,14)15)43-36-44-85(104)89-46-38-50-97(117-89)110(16,17)18)95-68-79(120-90-47-33-31-39-82(90)83-40-32-34-48-91(83)120)67-94(102(95)115)121(92)103-80(73-61-98(111(19,20)21)118-99(62-73)112(22,23)24)41-35-42-81(103)74-63-100(113(25,26)27)119-101(64-74)114(28,29)30/h31-68H,1-30H3. The molecule has 7 heterocycles. The number of fused-ring (bicyclic) bond motifs is 7. The number of nitrogens with zero attached hydrogens (tertiary/aromatic N) is 7. The fraction of sp³-hybridized carbons (Fsp3) is 0.351. The third kappa shape index (κ3) is 15.7. The Bertz CT molecular complexity index is 6150. The van der Waals surface area contributed by atoms with Gasteiger partial charge in [-0.15, -0.1) is 0 Å². The van der Waals surface area contributed by atoms with Gasteiger partial charge in [0, 0.05) is 122 Å². The molecule has 0 N–H and O–H groups in total. The first-order valence-electron chi connectivity index (χ1n) is 44.5. The first-order valence-corrected chi connectivity index (χ1v) is 44.5. The second-order valence-corrected chi connectivity index (χ2v) is 45.5. The van der Waals surface area contributed by atoms with E-state index < -0.39 is 0 Å². The second kappa shape index (κ2) is 29.4. The van der Waals surface area contributed by atoms with E-state index in [0.29, 0.717) is 0 Å². The van der Waals surface area contributed by atoms with Crippen LogP contribution in [0.2, 0.25) is 0 Å². The maximum Gasteiger partial charge on any atom is 0.252 e. The van der Waals surface area contributed by atoms with Crippen LogP contribution < -0.4 is 26.2 Å². The minimum Gasteiger partial charge on any atom is -0.310 e. The first-order chi connectivity index (χ1) is 56.8. The molecule has 0 atom stereocenters. The van der Waals surface area contributed by atoms with Crippen LogP contribution in [-0.2, 0) is 54.1 Å². The largest absolute Gasteiger partial charge is 0.310 e. The lowest BCUT2D eigenvalue weighted by Crippen LogP contribution is -2.61. The Morgan fingerprint density at radius 2 is 0.574 bits per heavy atom. The Balaban J connectivity index is 1.17. The van der Waals surface area contributed by atoms with Crippen LogP contribution >= 0.6 is 0 Å². The molecule has 16 rings (SSSR count). The lowest BCUT2D eigenvalue weighted by atomic mass is 9.33. The highest BCUT2D eigenvalue weighted by atomic mass is 15.2. The van der Waals surface area contributed by atoms with Gasteiger partial charge in [-0.2, -0.15) is 0 Å². The van der Waals surface area contributed by atoms with E-state index in [1.54, 1.807) is 0 Å². The molecule has 7 nitrogen and oxygen atoms in total. The molecule has 8 heteroatoms. The molecule has 0 saturated carbocycles. The van der Waals surface area contributed by atoms with Crippen LogP contribution in [0, 0.1) is 0 Å². The van der Waals surface area contributed by atoms with Gasteiger partial charge in [0.15, 0.2) is 0 Å². The smallest absolute Gasteiger partial charge is 0.252 e. The molecule has 0 saturated heterocycles. The van der Waals surface area contributed by atoms with Crippen molar-refractivity contribution >= 4 is 79.0 Å². The molecule has 0 radical (unpaired) electrons. The fourth-order valence-electron chi connectivity index (χ4n) is 17.8. The Morgan fingerprint density at radius 1 is 0.230 bits per heavy atom. The number of pyridine rings is 4. The van der Waals surface area contributed by atoms with Crippen molar-refractivity contribution in [2.75, 3.05) is 9.80 Å². The van der Waals surface area contributed by atoms with Crippen molar-refractivity contribution in [3.63, 3.8) is 0 Å². The van der Waals surface area contributed by atoms with Gasteiger partial charge in [-0.25, -0.2) is 0 Å². The van der Waals surface area contributed by atoms with Crippen LogP contribution in [0.15, 0.2) is 231 Å². The number of rotatable bonds is 9. The van der Waals surface area contributed by atoms with Gasteiger partial charge in [-0.1, -0.05) is 353 Å². The Hall–Kier alpha value is -11.0. The molecule has 14 aromatic rings. The monoisotopic (exact) mass is 1610 g/mol. The molecule has 2 aliphatic rings. The summed E-state index contributed by atoms with van der Waals surface area (Å²) in [6.45, 7) is 69.3. The molecule has 0 unspecified atom stereocenters. The van der Waals surface area contributed by atoms with Crippen LogP contribution in [0.25, 0.3) is 94.5 Å². The SMILES string of the molecule is CC(C)(C)c1cc(-c2ccc3c(c2)B2c4ccc(-c5cc(C(C)(C)C)cc(C(C)(C)C)c5)cc4N(c4c(-c5cccc(C(C)(C)C)n5)cccc4-c4cccc(C(C)(C)C)n4)c4cc(-n5c6ccccc6c6ccccc65)cc(c42)N3c2c(-c3cc(C(C)(C)C)nc(C(C)(C)C)c3)cccc2-c2cc(C(C)(C)C)nc(C(C)(C)C)c2)cc(C(C)(C)C)c1. The minimum atomic E-state index is -0.365. The highest BCUT2D eigenvalue weighted by Gasteiger charge is 2.47. The van der Waals surface area contributed by atoms with E-state index in [-0.39, 0.29) is 60.9 Å². The van der Waals surface area contributed by atoms with Crippen LogP contribution in [0.4, 0.5) is 34.1 Å². The van der Waals surface area contributed by atoms with Crippen molar-refractivity contribution in [2.45, 2.75) is 262 Å². The molecule has 0 bridgehead atoms. The van der Waals surface area contributed by atoms with Crippen LogP contribution in [0.5, 0.6) is 0 Å². The molecular weight excluding hydrogens is 1480 g/mol. The summed E-state index contributed by atoms with van der Waals surface area (Å²) in [7, 11) is 0. The number of anilines is 6. The van der Waals surface area contributed by atoms with Gasteiger partial charge in [-0.05, 0) is 179 Å². The third-order valence-electron chi connectivity index (χ3n) is 25.3. The average molecular weight is 1610 g/mol. The summed E-state index contributed by atoms with van der Waals surface area (Å²) in [6, 6.07) is 90.1. The summed E-state index contributed by atoms with van der Waals surface area (Å²) < 4.78 is 2.56. The maximum atomic E-state index is 5.85. The minimum absolute atomic E-state index is 0.145. The highest BCUT2D eigenvalue weighted by Crippen LogP contribution is 2.56. The van der Waals surface area contributed by atoms with Crippen LogP contribution in [0.1, 0.15) is 264 Å². The van der Waals surface area contributed by atoms with Gasteiger partial charge < -0.3 is 14.4 Å². The maximum absolute atomic E-state index is 5.85. The lowest BCUT2D eigenvalue weighted by molar-refractivity contribution is 0.531. The Morgan fingerprint density at radius 3 is 0.959 bits per heavy atom. The fourth-order valence-corrected chi connectivity index (χ4v) is 17.8. The molecule has 9 aromatic carbocycles. The third-order valence-corrected chi connectivity index (χ3v) is 25.3. The number of aromatic nitrogens is 5. The van der Waals surface area contributed by atoms with Crippen molar-refractivity contribution in [1.82, 2.24) is 24.5 Å². The Kier molecular flexibility index (Phi) is 20.4. The van der Waals surface area contributed by atoms with Crippen molar-refractivity contribution < 1.29 is 0 Å². The molecule has 2 aliphatic heterocycles. The first kappa shape index (κ1) is 84.6. The normalized spacial score (nSPS) is 13.8. The molecular formula is C114H128BN7. The number of hydrogen-bond acceptors (Lipinski definition) is 6. The Labute approximate surface area is 730 Å². The van der Waals surface area contributed by atoms with Crippen LogP contribution in [-0.4, -0.2) is 31.2 Å². The second-order valence-electron chi connectivity index (χ2n) is 45.5. The lowest BCUT2D eigenvalue weighted by Gasteiger charge is -2.46. The summed E-state index contributed by atoms with van der Waals surface area (Å²) in [4.78, 5) is 28.4. The molecule has 622 valence electrons. The average Bonchev–Trinajstić information content (AvgIpc) is 1.46. The zero-order valence-corrected chi connectivity index (χ0v) is 78.6. The predicted octanol–water partition coefficient (Wildman–Crippen LogP) is 29.4. The number of para-hydroxylation sites is 4. The van der Waals surface area contributed by atoms with Crippen molar-refractivity contribution in [3.05, 3.63) is 287 Å². The van der Waals surface area contributed by atoms with E-state index in [2.05, 4.69) is 453 Å². The number of hydrogen-bond donors (Lipinski definition) is 0. The van der Waals surface area contributed by atoms with Gasteiger partial charge in [-0.3, -0.25) is 19.9 Å². The van der Waals surface area contributed by atoms with Crippen LogP contribution in [0.3, 0.4) is 0 Å². The van der Waals surface area contributed by atoms with Crippen molar-refractivity contribution in [2.24, 2.45) is 0 Å². The molecule has 0 fully saturated rings. The molecule has 122 heavy (non-hydrogen) atoms. The van der Waals surface area contributed by atoms with Crippen molar-refractivity contribution in [1.29, 1.82) is 0 Å². The van der Waals surface area contributed by atoms with E-state index in [1.165, 1.54) is 60.5 Å². The van der Waals surface area contributed by atoms with E-state index in [9.17, 15) is 0 Å². The van der Waals surface area contributed by atoms with Gasteiger partial charge in [0.1, 0.15) is 0 Å². The quantitative estimate of drug-likeness (QED) is 0.134. The zero-order chi connectivity index (χ0) is 87.8. The van der Waals surface area contributed by atoms with Gasteiger partial charge in [0.05, 0.1) is 39.5 Å². The molecule has 0 aliphatic carbocycles. The topological polar surface area (TPSA) is 63.0 Å². The van der Waals surface area contributed by atoms with E-state index >= 15 is 0 Å². The highest BCUT2D eigenvalue weighted by molar-refractivity contribution is 7.00. The summed E-state index contributed by atoms with van der Waals surface area (Å²) >= 11 is 0. The van der Waals surface area contributed by atoms with Gasteiger partial charge in [0.2, 0.25) is 0 Å². The van der Waals surface area contributed by atoms with Crippen molar-refractivity contribution in [3.8, 4) is 72.7 Å². The van der Waals surface area contributed by atoms with E-state index in [1.807, 2.05) is 0 Å². The molecule has 0 spiro atoms. The zero-order valence-electron chi connectivity index (χ0n) is 78.6.